The Balaban J connectivity index is 1.91. The van der Waals surface area contributed by atoms with E-state index in [1.807, 2.05) is 30.3 Å². The van der Waals surface area contributed by atoms with Gasteiger partial charge in [0.1, 0.15) is 0 Å². The number of hydrogen-bond acceptors (Lipinski definition) is 4. The standard InChI is InChI=1S/C19H19ClN2O4S/c1-13-12-27(25,26)22(18(13)23)17-10-15(8-9-16(17)20)19(24)21(2)11-14-6-4-3-5-7-14/h3-10,13H,11-12H2,1-2H3. The van der Waals surface area contributed by atoms with Crippen molar-refractivity contribution in [1.82, 2.24) is 4.90 Å². The predicted octanol–water partition coefficient (Wildman–Crippen LogP) is 2.92. The van der Waals surface area contributed by atoms with E-state index in [1.54, 1.807) is 14.0 Å². The number of hydrogen-bond donors (Lipinski definition) is 0. The average molecular weight is 407 g/mol. The van der Waals surface area contributed by atoms with Crippen molar-refractivity contribution in [3.8, 4) is 0 Å². The molecule has 2 aromatic rings. The van der Waals surface area contributed by atoms with Crippen molar-refractivity contribution in [1.29, 1.82) is 0 Å². The molecule has 0 N–H and O–H groups in total. The molecule has 2 aromatic carbocycles. The highest BCUT2D eigenvalue weighted by Gasteiger charge is 2.43. The molecule has 0 radical (unpaired) electrons. The monoisotopic (exact) mass is 406 g/mol. The van der Waals surface area contributed by atoms with E-state index in [0.717, 1.165) is 5.56 Å². The van der Waals surface area contributed by atoms with Gasteiger partial charge in [-0.1, -0.05) is 48.9 Å². The molecule has 0 spiro atoms. The number of rotatable bonds is 4. The summed E-state index contributed by atoms with van der Waals surface area (Å²) in [5.74, 6) is -1.76. The van der Waals surface area contributed by atoms with Gasteiger partial charge in [-0.15, -0.1) is 0 Å². The normalized spacial score (nSPS) is 18.6. The molecule has 0 bridgehead atoms. The fraction of sp³-hybridized carbons (Fsp3) is 0.263. The quantitative estimate of drug-likeness (QED) is 0.782. The lowest BCUT2D eigenvalue weighted by Gasteiger charge is -2.20. The molecule has 1 heterocycles. The van der Waals surface area contributed by atoms with Crippen LogP contribution in [0.2, 0.25) is 5.02 Å². The number of nitrogens with zero attached hydrogens (tertiary/aromatic N) is 2. The first-order chi connectivity index (χ1) is 12.7. The fourth-order valence-corrected chi connectivity index (χ4v) is 5.10. The van der Waals surface area contributed by atoms with Crippen molar-refractivity contribution in [2.45, 2.75) is 13.5 Å². The minimum atomic E-state index is -3.80. The van der Waals surface area contributed by atoms with Crippen LogP contribution < -0.4 is 4.31 Å². The molecule has 6 nitrogen and oxygen atoms in total. The molecule has 1 unspecified atom stereocenters. The van der Waals surface area contributed by atoms with E-state index in [9.17, 15) is 18.0 Å². The van der Waals surface area contributed by atoms with Gasteiger partial charge in [0.05, 0.1) is 22.4 Å². The van der Waals surface area contributed by atoms with Gasteiger partial charge in [-0.2, -0.15) is 0 Å². The molecule has 1 aliphatic heterocycles. The first-order valence-electron chi connectivity index (χ1n) is 8.36. The summed E-state index contributed by atoms with van der Waals surface area (Å²) < 4.78 is 25.4. The molecular formula is C19H19ClN2O4S. The highest BCUT2D eigenvalue weighted by Crippen LogP contribution is 2.34. The second kappa shape index (κ2) is 7.32. The van der Waals surface area contributed by atoms with Crippen LogP contribution in [0.25, 0.3) is 0 Å². The van der Waals surface area contributed by atoms with Gasteiger partial charge >= 0.3 is 0 Å². The van der Waals surface area contributed by atoms with Crippen molar-refractivity contribution in [3.05, 3.63) is 64.7 Å². The van der Waals surface area contributed by atoms with Crippen molar-refractivity contribution < 1.29 is 18.0 Å². The Kier molecular flexibility index (Phi) is 5.26. The topological polar surface area (TPSA) is 74.8 Å². The maximum atomic E-state index is 12.8. The lowest BCUT2D eigenvalue weighted by atomic mass is 10.1. The number of carbonyl (C=O) groups excluding carboxylic acids is 2. The van der Waals surface area contributed by atoms with Crippen molar-refractivity contribution >= 4 is 39.1 Å². The zero-order chi connectivity index (χ0) is 19.8. The summed E-state index contributed by atoms with van der Waals surface area (Å²) in [6, 6.07) is 13.8. The van der Waals surface area contributed by atoms with E-state index < -0.39 is 21.8 Å². The molecule has 1 saturated heterocycles. The average Bonchev–Trinajstić information content (AvgIpc) is 2.83. The maximum Gasteiger partial charge on any atom is 0.253 e. The van der Waals surface area contributed by atoms with Crippen molar-refractivity contribution in [3.63, 3.8) is 0 Å². The Labute approximate surface area is 163 Å². The Morgan fingerprint density at radius 3 is 2.48 bits per heavy atom. The molecule has 1 fully saturated rings. The van der Waals surface area contributed by atoms with Gasteiger partial charge in [-0.05, 0) is 23.8 Å². The molecule has 0 aliphatic carbocycles. The Morgan fingerprint density at radius 2 is 1.89 bits per heavy atom. The Morgan fingerprint density at radius 1 is 1.22 bits per heavy atom. The summed E-state index contributed by atoms with van der Waals surface area (Å²) in [6.07, 6.45) is 0. The molecule has 1 aliphatic rings. The lowest BCUT2D eigenvalue weighted by Crippen LogP contribution is -2.31. The summed E-state index contributed by atoms with van der Waals surface area (Å²) in [5, 5.41) is 0.100. The number of sulfonamides is 1. The first-order valence-corrected chi connectivity index (χ1v) is 10.3. The van der Waals surface area contributed by atoms with Crippen LogP contribution in [-0.4, -0.2) is 37.9 Å². The van der Waals surface area contributed by atoms with Gasteiger partial charge in [0.15, 0.2) is 0 Å². The Bertz CT molecular complexity index is 992. The van der Waals surface area contributed by atoms with Crippen LogP contribution in [0.4, 0.5) is 5.69 Å². The zero-order valence-electron chi connectivity index (χ0n) is 14.9. The van der Waals surface area contributed by atoms with Crippen LogP contribution in [0.1, 0.15) is 22.8 Å². The largest absolute Gasteiger partial charge is 0.337 e. The molecule has 3 rings (SSSR count). The SMILES string of the molecule is CC1CS(=O)(=O)N(c2cc(C(=O)N(C)Cc3ccccc3)ccc2Cl)C1=O. The van der Waals surface area contributed by atoms with Gasteiger partial charge in [0, 0.05) is 19.2 Å². The van der Waals surface area contributed by atoms with E-state index in [1.165, 1.54) is 23.1 Å². The number of halogens is 1. The highest BCUT2D eigenvalue weighted by molar-refractivity contribution is 7.94. The molecule has 0 saturated carbocycles. The third kappa shape index (κ3) is 3.84. The fourth-order valence-electron chi connectivity index (χ4n) is 3.02. The van der Waals surface area contributed by atoms with Crippen molar-refractivity contribution in [2.24, 2.45) is 5.92 Å². The molecule has 8 heteroatoms. The molecule has 2 amide bonds. The van der Waals surface area contributed by atoms with E-state index >= 15 is 0 Å². The summed E-state index contributed by atoms with van der Waals surface area (Å²) >= 11 is 6.15. The van der Waals surface area contributed by atoms with Crippen LogP contribution in [-0.2, 0) is 21.4 Å². The molecule has 27 heavy (non-hydrogen) atoms. The second-order valence-electron chi connectivity index (χ2n) is 6.60. The second-order valence-corrected chi connectivity index (χ2v) is 8.86. The van der Waals surface area contributed by atoms with E-state index in [4.69, 9.17) is 11.6 Å². The molecule has 142 valence electrons. The van der Waals surface area contributed by atoms with Gasteiger partial charge in [-0.25, -0.2) is 12.7 Å². The third-order valence-corrected chi connectivity index (χ3v) is 6.56. The van der Waals surface area contributed by atoms with E-state index in [2.05, 4.69) is 0 Å². The zero-order valence-corrected chi connectivity index (χ0v) is 16.5. The summed E-state index contributed by atoms with van der Waals surface area (Å²) in [5.41, 5.74) is 1.24. The molecule has 1 atom stereocenters. The summed E-state index contributed by atoms with van der Waals surface area (Å²) in [6.45, 7) is 1.95. The first kappa shape index (κ1) is 19.4. The van der Waals surface area contributed by atoms with Gasteiger partial charge in [0.25, 0.3) is 5.91 Å². The summed E-state index contributed by atoms with van der Waals surface area (Å²) in [7, 11) is -2.14. The van der Waals surface area contributed by atoms with E-state index in [-0.39, 0.29) is 27.9 Å². The van der Waals surface area contributed by atoms with Crippen molar-refractivity contribution in [2.75, 3.05) is 17.1 Å². The molecule has 0 aromatic heterocycles. The van der Waals surface area contributed by atoms with Crippen LogP contribution in [0.3, 0.4) is 0 Å². The smallest absolute Gasteiger partial charge is 0.253 e. The highest BCUT2D eigenvalue weighted by atomic mass is 35.5. The minimum Gasteiger partial charge on any atom is -0.337 e. The van der Waals surface area contributed by atoms with Crippen LogP contribution in [0, 0.1) is 5.92 Å². The third-order valence-electron chi connectivity index (χ3n) is 4.38. The summed E-state index contributed by atoms with van der Waals surface area (Å²) in [4.78, 5) is 26.6. The Hall–Kier alpha value is -2.38. The maximum absolute atomic E-state index is 12.8. The number of carbonyl (C=O) groups is 2. The van der Waals surface area contributed by atoms with Gasteiger partial charge in [-0.3, -0.25) is 9.59 Å². The van der Waals surface area contributed by atoms with Crippen LogP contribution in [0.5, 0.6) is 0 Å². The number of benzene rings is 2. The van der Waals surface area contributed by atoms with E-state index in [0.29, 0.717) is 10.8 Å². The lowest BCUT2D eigenvalue weighted by molar-refractivity contribution is -0.119. The van der Waals surface area contributed by atoms with Gasteiger partial charge in [0.2, 0.25) is 15.9 Å². The number of amides is 2. The predicted molar refractivity (Wildman–Crippen MR) is 104 cm³/mol. The van der Waals surface area contributed by atoms with Crippen LogP contribution >= 0.6 is 11.6 Å². The minimum absolute atomic E-state index is 0.0185. The number of anilines is 1. The van der Waals surface area contributed by atoms with Crippen LogP contribution in [0.15, 0.2) is 48.5 Å². The van der Waals surface area contributed by atoms with Gasteiger partial charge < -0.3 is 4.90 Å². The molecular weight excluding hydrogens is 388 g/mol.